The van der Waals surface area contributed by atoms with E-state index in [1.165, 1.54) is 0 Å². The number of amides is 1. The molecule has 1 aromatic rings. The average molecular weight is 501 g/mol. The van der Waals surface area contributed by atoms with E-state index in [0.717, 1.165) is 22.0 Å². The Morgan fingerprint density at radius 2 is 2.00 bits per heavy atom. The van der Waals surface area contributed by atoms with Gasteiger partial charge in [-0.2, -0.15) is 0 Å². The van der Waals surface area contributed by atoms with Crippen molar-refractivity contribution < 1.29 is 23.9 Å². The van der Waals surface area contributed by atoms with Crippen LogP contribution in [0.15, 0.2) is 16.6 Å². The topological polar surface area (TPSA) is 81.7 Å². The van der Waals surface area contributed by atoms with Crippen molar-refractivity contribution in [2.45, 2.75) is 31.2 Å². The van der Waals surface area contributed by atoms with Crippen LogP contribution in [-0.2, 0) is 23.9 Å². The summed E-state index contributed by atoms with van der Waals surface area (Å²) in [5.74, 6) is -2.08. The Morgan fingerprint density at radius 3 is 2.74 bits per heavy atom. The van der Waals surface area contributed by atoms with Crippen LogP contribution in [0, 0.1) is 37.5 Å². The van der Waals surface area contributed by atoms with E-state index in [2.05, 4.69) is 37.2 Å². The summed E-state index contributed by atoms with van der Waals surface area (Å²) in [5, 5.41) is 2.77. The van der Waals surface area contributed by atoms with Gasteiger partial charge in [-0.05, 0) is 49.4 Å². The fourth-order valence-electron chi connectivity index (χ4n) is 4.64. The molecule has 6 atom stereocenters. The number of ether oxygens (including phenoxy) is 2. The number of halogens is 2. The van der Waals surface area contributed by atoms with Crippen molar-refractivity contribution >= 4 is 55.4 Å². The molecule has 3 fully saturated rings. The number of benzene rings is 1. The highest BCUT2D eigenvalue weighted by molar-refractivity contribution is 9.10. The Bertz CT molecular complexity index is 842. The van der Waals surface area contributed by atoms with Gasteiger partial charge in [-0.3, -0.25) is 14.4 Å². The first kappa shape index (κ1) is 18.9. The fraction of sp³-hybridized carbons (Fsp3) is 0.526. The molecular formula is C19H19Br2NO5. The van der Waals surface area contributed by atoms with Gasteiger partial charge in [0.2, 0.25) is 0 Å². The Balaban J connectivity index is 1.38. The lowest BCUT2D eigenvalue weighted by molar-refractivity contribution is -0.157. The smallest absolute Gasteiger partial charge is 0.310 e. The van der Waals surface area contributed by atoms with E-state index >= 15 is 0 Å². The summed E-state index contributed by atoms with van der Waals surface area (Å²) in [6.07, 6.45) is 0.642. The molecule has 1 heterocycles. The lowest BCUT2D eigenvalue weighted by Crippen LogP contribution is -2.39. The minimum atomic E-state index is -0.532. The van der Waals surface area contributed by atoms with E-state index < -0.39 is 23.7 Å². The monoisotopic (exact) mass is 499 g/mol. The molecule has 1 amide bonds. The second-order valence-electron chi connectivity index (χ2n) is 7.46. The molecule has 6 nitrogen and oxygen atoms in total. The van der Waals surface area contributed by atoms with Gasteiger partial charge in [-0.25, -0.2) is 0 Å². The molecule has 1 aliphatic heterocycles. The number of fused-ring (bicyclic) bond motifs is 1. The lowest BCUT2D eigenvalue weighted by atomic mass is 9.80. The molecule has 1 saturated heterocycles. The highest BCUT2D eigenvalue weighted by atomic mass is 79.9. The number of nitrogens with one attached hydrogen (secondary N) is 1. The van der Waals surface area contributed by atoms with E-state index in [1.807, 2.05) is 19.9 Å². The van der Waals surface area contributed by atoms with Crippen LogP contribution in [0.4, 0.5) is 5.69 Å². The number of anilines is 1. The first-order valence-electron chi connectivity index (χ1n) is 8.86. The molecule has 27 heavy (non-hydrogen) atoms. The third-order valence-corrected chi connectivity index (χ3v) is 8.20. The first-order valence-corrected chi connectivity index (χ1v) is 10.6. The summed E-state index contributed by atoms with van der Waals surface area (Å²) in [6.45, 7) is 3.49. The van der Waals surface area contributed by atoms with Crippen molar-refractivity contribution in [1.82, 2.24) is 0 Å². The molecule has 0 unspecified atom stereocenters. The maximum Gasteiger partial charge on any atom is 0.310 e. The molecule has 8 heteroatoms. The van der Waals surface area contributed by atoms with E-state index in [4.69, 9.17) is 9.47 Å². The van der Waals surface area contributed by atoms with Gasteiger partial charge in [0, 0.05) is 16.1 Å². The van der Waals surface area contributed by atoms with Crippen LogP contribution in [0.1, 0.15) is 17.5 Å². The maximum atomic E-state index is 12.6. The average Bonchev–Trinajstić information content (AvgIpc) is 3.24. The van der Waals surface area contributed by atoms with Gasteiger partial charge in [0.05, 0.1) is 16.7 Å². The summed E-state index contributed by atoms with van der Waals surface area (Å²) in [6, 6.07) is 3.66. The van der Waals surface area contributed by atoms with Gasteiger partial charge in [0.15, 0.2) is 6.61 Å². The molecular weight excluding hydrogens is 482 g/mol. The van der Waals surface area contributed by atoms with Crippen LogP contribution in [0.25, 0.3) is 0 Å². The van der Waals surface area contributed by atoms with E-state index in [0.29, 0.717) is 5.69 Å². The van der Waals surface area contributed by atoms with Crippen molar-refractivity contribution in [2.75, 3.05) is 11.9 Å². The molecule has 3 aliphatic rings. The van der Waals surface area contributed by atoms with Gasteiger partial charge >= 0.3 is 11.9 Å². The molecule has 2 aliphatic carbocycles. The number of esters is 2. The van der Waals surface area contributed by atoms with Crippen molar-refractivity contribution in [1.29, 1.82) is 0 Å². The number of hydrogen-bond donors (Lipinski definition) is 1. The van der Waals surface area contributed by atoms with E-state index in [1.54, 1.807) is 6.07 Å². The Hall–Kier alpha value is -1.41. The molecule has 1 N–H and O–H groups in total. The molecule has 2 bridgehead atoms. The molecule has 0 radical (unpaired) electrons. The van der Waals surface area contributed by atoms with Crippen molar-refractivity contribution in [3.63, 3.8) is 0 Å². The third-order valence-electron chi connectivity index (χ3n) is 6.14. The highest BCUT2D eigenvalue weighted by Gasteiger charge is 2.68. The zero-order chi connectivity index (χ0) is 19.5. The summed E-state index contributed by atoms with van der Waals surface area (Å²) in [5.41, 5.74) is 2.66. The minimum Gasteiger partial charge on any atom is -0.461 e. The lowest BCUT2D eigenvalue weighted by Gasteiger charge is -2.26. The summed E-state index contributed by atoms with van der Waals surface area (Å²) < 4.78 is 11.6. The number of carbonyl (C=O) groups excluding carboxylic acids is 3. The van der Waals surface area contributed by atoms with E-state index in [9.17, 15) is 14.4 Å². The number of carbonyl (C=O) groups is 3. The van der Waals surface area contributed by atoms with Gasteiger partial charge in [0.1, 0.15) is 6.10 Å². The Morgan fingerprint density at radius 1 is 1.26 bits per heavy atom. The predicted octanol–water partition coefficient (Wildman–Crippen LogP) is 3.12. The predicted molar refractivity (Wildman–Crippen MR) is 104 cm³/mol. The quantitative estimate of drug-likeness (QED) is 0.507. The van der Waals surface area contributed by atoms with Crippen LogP contribution in [-0.4, -0.2) is 35.4 Å². The van der Waals surface area contributed by atoms with Crippen molar-refractivity contribution in [3.8, 4) is 0 Å². The summed E-state index contributed by atoms with van der Waals surface area (Å²) in [7, 11) is 0. The Labute approximate surface area is 173 Å². The van der Waals surface area contributed by atoms with Crippen LogP contribution in [0.5, 0.6) is 0 Å². The molecule has 2 saturated carbocycles. The highest BCUT2D eigenvalue weighted by Crippen LogP contribution is 2.60. The molecule has 0 spiro atoms. The number of hydrogen-bond acceptors (Lipinski definition) is 5. The number of alkyl halides is 1. The van der Waals surface area contributed by atoms with Crippen LogP contribution < -0.4 is 5.32 Å². The van der Waals surface area contributed by atoms with Gasteiger partial charge in [-0.1, -0.05) is 31.9 Å². The molecule has 144 valence electrons. The normalized spacial score (nSPS) is 33.1. The number of rotatable bonds is 4. The standard InChI is InChI=1S/C19H19Br2NO5/c1-7-8(2)12(4-3-11(7)20)22-13(23)6-26-18(24)14-9-5-10-15(14)19(25)27-17(10)16(9)21/h3-4,9-10,14-17H,5-6H2,1-2H3,(H,22,23)/t9-,10-,14-,15+,16+,17+/m1/s1. The summed E-state index contributed by atoms with van der Waals surface area (Å²) in [4.78, 5) is 36.9. The zero-order valence-corrected chi connectivity index (χ0v) is 18.0. The maximum absolute atomic E-state index is 12.6. The molecule has 1 aromatic carbocycles. The fourth-order valence-corrected chi connectivity index (χ4v) is 6.11. The largest absolute Gasteiger partial charge is 0.461 e. The SMILES string of the molecule is Cc1c(Br)ccc(NC(=O)COC(=O)[C@@H]2[C@H]3C[C@H]4[C@H](OC(=O)[C@@H]42)[C@H]3Br)c1C. The van der Waals surface area contributed by atoms with Crippen LogP contribution >= 0.6 is 31.9 Å². The van der Waals surface area contributed by atoms with E-state index in [-0.39, 0.29) is 35.3 Å². The Kier molecular flexibility index (Phi) is 4.83. The summed E-state index contributed by atoms with van der Waals surface area (Å²) >= 11 is 7.01. The first-order chi connectivity index (χ1) is 12.8. The molecule has 4 rings (SSSR count). The van der Waals surface area contributed by atoms with Crippen molar-refractivity contribution in [2.24, 2.45) is 23.7 Å². The van der Waals surface area contributed by atoms with Gasteiger partial charge in [0.25, 0.3) is 5.91 Å². The minimum absolute atomic E-state index is 0.0170. The second kappa shape index (κ2) is 6.88. The van der Waals surface area contributed by atoms with Gasteiger partial charge in [-0.15, -0.1) is 0 Å². The van der Waals surface area contributed by atoms with Gasteiger partial charge < -0.3 is 14.8 Å². The third kappa shape index (κ3) is 3.01. The van der Waals surface area contributed by atoms with Crippen LogP contribution in [0.2, 0.25) is 0 Å². The second-order valence-corrected chi connectivity index (χ2v) is 9.37. The molecule has 0 aromatic heterocycles. The zero-order valence-electron chi connectivity index (χ0n) is 14.8. The van der Waals surface area contributed by atoms with Crippen molar-refractivity contribution in [3.05, 3.63) is 27.7 Å². The van der Waals surface area contributed by atoms with Crippen LogP contribution in [0.3, 0.4) is 0 Å².